The van der Waals surface area contributed by atoms with Gasteiger partial charge in [0.05, 0.1) is 5.56 Å². The van der Waals surface area contributed by atoms with Crippen molar-refractivity contribution in [1.29, 1.82) is 0 Å². The van der Waals surface area contributed by atoms with E-state index in [1.54, 1.807) is 12.1 Å². The van der Waals surface area contributed by atoms with Gasteiger partial charge in [-0.25, -0.2) is 0 Å². The molecule has 0 fully saturated rings. The van der Waals surface area contributed by atoms with Crippen molar-refractivity contribution >= 4 is 33.4 Å². The Bertz CT molecular complexity index is 472. The molecule has 6 heteroatoms. The highest BCUT2D eigenvalue weighted by molar-refractivity contribution is 9.10. The van der Waals surface area contributed by atoms with Crippen LogP contribution in [0.4, 0.5) is 5.69 Å². The lowest BCUT2D eigenvalue weighted by molar-refractivity contribution is -0.122. The predicted octanol–water partition coefficient (Wildman–Crippen LogP) is 1.02. The van der Waals surface area contributed by atoms with Crippen LogP contribution in [0.5, 0.6) is 0 Å². The Morgan fingerprint density at radius 2 is 1.94 bits per heavy atom. The van der Waals surface area contributed by atoms with Crippen LogP contribution < -0.4 is 16.8 Å². The number of nitrogen functional groups attached to an aromatic ring is 1. The molecular weight excluding hydrogens is 286 g/mol. The first-order valence-corrected chi connectivity index (χ1v) is 5.71. The fourth-order valence-corrected chi connectivity index (χ4v) is 1.56. The molecule has 1 rings (SSSR count). The maximum absolute atomic E-state index is 11.9. The van der Waals surface area contributed by atoms with E-state index in [0.717, 1.165) is 0 Å². The smallest absolute Gasteiger partial charge is 0.253 e. The number of primary amides is 1. The third-order valence-corrected chi connectivity index (χ3v) is 2.97. The molecule has 0 unspecified atom stereocenters. The Labute approximate surface area is 108 Å². The van der Waals surface area contributed by atoms with Crippen LogP contribution in [0.3, 0.4) is 0 Å². The molecule has 0 bridgehead atoms. The first kappa shape index (κ1) is 13.5. The van der Waals surface area contributed by atoms with E-state index in [-0.39, 0.29) is 0 Å². The quantitative estimate of drug-likeness (QED) is 0.727. The molecule has 1 aromatic rings. The summed E-state index contributed by atoms with van der Waals surface area (Å²) in [4.78, 5) is 23.0. The zero-order valence-electron chi connectivity index (χ0n) is 9.58. The Hall–Kier alpha value is -1.56. The number of anilines is 1. The number of benzene rings is 1. The van der Waals surface area contributed by atoms with Crippen molar-refractivity contribution in [1.82, 2.24) is 5.32 Å². The number of carbonyl (C=O) groups is 2. The van der Waals surface area contributed by atoms with Gasteiger partial charge in [0.2, 0.25) is 5.91 Å². The molecule has 1 aromatic carbocycles. The number of carbonyl (C=O) groups excluding carboxylic acids is 2. The highest BCUT2D eigenvalue weighted by atomic mass is 79.9. The Balaban J connectivity index is 2.98. The molecule has 0 spiro atoms. The molecule has 2 amide bonds. The fourth-order valence-electron chi connectivity index (χ4n) is 1.13. The number of hydrogen-bond acceptors (Lipinski definition) is 3. The summed E-state index contributed by atoms with van der Waals surface area (Å²) in [5.74, 6) is -1.01. The molecule has 0 aliphatic heterocycles. The maximum atomic E-state index is 11.9. The van der Waals surface area contributed by atoms with Crippen LogP contribution in [0.2, 0.25) is 0 Å². The average molecular weight is 300 g/mol. The highest BCUT2D eigenvalue weighted by Crippen LogP contribution is 2.20. The van der Waals surface area contributed by atoms with Gasteiger partial charge in [-0.1, -0.05) is 0 Å². The van der Waals surface area contributed by atoms with Crippen molar-refractivity contribution in [3.05, 3.63) is 28.2 Å². The van der Waals surface area contributed by atoms with E-state index in [4.69, 9.17) is 11.5 Å². The minimum atomic E-state index is -1.11. The lowest BCUT2D eigenvalue weighted by atomic mass is 10.0. The maximum Gasteiger partial charge on any atom is 0.253 e. The lowest BCUT2D eigenvalue weighted by Gasteiger charge is -2.22. The topological polar surface area (TPSA) is 98.2 Å². The van der Waals surface area contributed by atoms with Crippen molar-refractivity contribution in [2.45, 2.75) is 19.4 Å². The van der Waals surface area contributed by atoms with Gasteiger partial charge in [-0.3, -0.25) is 9.59 Å². The molecule has 0 saturated heterocycles. The third kappa shape index (κ3) is 3.20. The van der Waals surface area contributed by atoms with Gasteiger partial charge in [-0.2, -0.15) is 0 Å². The molecule has 0 saturated carbocycles. The second-order valence-electron chi connectivity index (χ2n) is 4.18. The largest absolute Gasteiger partial charge is 0.399 e. The molecule has 17 heavy (non-hydrogen) atoms. The van der Waals surface area contributed by atoms with Crippen LogP contribution in [0.15, 0.2) is 22.7 Å². The summed E-state index contributed by atoms with van der Waals surface area (Å²) in [6.45, 7) is 3.07. The van der Waals surface area contributed by atoms with Gasteiger partial charge in [0.25, 0.3) is 5.91 Å². The first-order valence-electron chi connectivity index (χ1n) is 4.91. The summed E-state index contributed by atoms with van der Waals surface area (Å²) < 4.78 is 0.601. The van der Waals surface area contributed by atoms with Crippen LogP contribution in [-0.2, 0) is 4.79 Å². The summed E-state index contributed by atoms with van der Waals surface area (Å²) >= 11 is 3.24. The SMILES string of the molecule is CC(C)(NC(=O)c1cc(N)ccc1Br)C(N)=O. The van der Waals surface area contributed by atoms with Gasteiger partial charge in [0, 0.05) is 10.2 Å². The van der Waals surface area contributed by atoms with Gasteiger partial charge >= 0.3 is 0 Å². The molecule has 0 radical (unpaired) electrons. The Kier molecular flexibility index (Phi) is 3.77. The van der Waals surface area contributed by atoms with Crippen molar-refractivity contribution in [3.8, 4) is 0 Å². The van der Waals surface area contributed by atoms with Crippen molar-refractivity contribution in [2.24, 2.45) is 5.73 Å². The van der Waals surface area contributed by atoms with E-state index < -0.39 is 17.4 Å². The number of halogens is 1. The Morgan fingerprint density at radius 1 is 1.35 bits per heavy atom. The summed E-state index contributed by atoms with van der Waals surface area (Å²) in [6.07, 6.45) is 0. The van der Waals surface area contributed by atoms with E-state index in [1.807, 2.05) is 0 Å². The average Bonchev–Trinajstić information content (AvgIpc) is 2.20. The van der Waals surface area contributed by atoms with Gasteiger partial charge in [0.1, 0.15) is 5.54 Å². The van der Waals surface area contributed by atoms with Crippen LogP contribution in [0.25, 0.3) is 0 Å². The van der Waals surface area contributed by atoms with Gasteiger partial charge in [-0.05, 0) is 48.0 Å². The number of rotatable bonds is 3. The van der Waals surface area contributed by atoms with E-state index in [1.165, 1.54) is 19.9 Å². The normalized spacial score (nSPS) is 11.0. The van der Waals surface area contributed by atoms with Crippen molar-refractivity contribution in [2.75, 3.05) is 5.73 Å². The monoisotopic (exact) mass is 299 g/mol. The molecule has 0 heterocycles. The van der Waals surface area contributed by atoms with Gasteiger partial charge in [-0.15, -0.1) is 0 Å². The summed E-state index contributed by atoms with van der Waals surface area (Å²) in [5.41, 5.74) is 10.5. The van der Waals surface area contributed by atoms with E-state index in [9.17, 15) is 9.59 Å². The molecule has 92 valence electrons. The molecule has 5 nitrogen and oxygen atoms in total. The van der Waals surface area contributed by atoms with Crippen molar-refractivity contribution < 1.29 is 9.59 Å². The zero-order valence-corrected chi connectivity index (χ0v) is 11.2. The number of amides is 2. The predicted molar refractivity (Wildman–Crippen MR) is 69.3 cm³/mol. The van der Waals surface area contributed by atoms with Crippen LogP contribution in [0.1, 0.15) is 24.2 Å². The summed E-state index contributed by atoms with van der Waals surface area (Å²) in [5, 5.41) is 2.54. The summed E-state index contributed by atoms with van der Waals surface area (Å²) in [7, 11) is 0. The van der Waals surface area contributed by atoms with E-state index in [2.05, 4.69) is 21.2 Å². The zero-order chi connectivity index (χ0) is 13.2. The second-order valence-corrected chi connectivity index (χ2v) is 5.04. The third-order valence-electron chi connectivity index (χ3n) is 2.28. The molecule has 0 aliphatic carbocycles. The van der Waals surface area contributed by atoms with Crippen LogP contribution in [-0.4, -0.2) is 17.4 Å². The first-order chi connectivity index (χ1) is 7.74. The van der Waals surface area contributed by atoms with E-state index in [0.29, 0.717) is 15.7 Å². The summed E-state index contributed by atoms with van der Waals surface area (Å²) in [6, 6.07) is 4.86. The lowest BCUT2D eigenvalue weighted by Crippen LogP contribution is -2.53. The number of nitrogens with two attached hydrogens (primary N) is 2. The molecule has 5 N–H and O–H groups in total. The highest BCUT2D eigenvalue weighted by Gasteiger charge is 2.27. The van der Waals surface area contributed by atoms with Gasteiger partial charge in [0.15, 0.2) is 0 Å². The number of nitrogens with one attached hydrogen (secondary N) is 1. The fraction of sp³-hybridized carbons (Fsp3) is 0.273. The van der Waals surface area contributed by atoms with Crippen molar-refractivity contribution in [3.63, 3.8) is 0 Å². The second kappa shape index (κ2) is 4.75. The molecule has 0 aromatic heterocycles. The van der Waals surface area contributed by atoms with Gasteiger partial charge < -0.3 is 16.8 Å². The van der Waals surface area contributed by atoms with Crippen LogP contribution in [0, 0.1) is 0 Å². The standard InChI is InChI=1S/C11H14BrN3O2/c1-11(2,10(14)17)15-9(16)7-5-6(13)3-4-8(7)12/h3-5H,13H2,1-2H3,(H2,14,17)(H,15,16). The minimum Gasteiger partial charge on any atom is -0.399 e. The molecular formula is C11H14BrN3O2. The minimum absolute atomic E-state index is 0.360. The molecule has 0 aliphatic rings. The number of hydrogen-bond donors (Lipinski definition) is 3. The Morgan fingerprint density at radius 3 is 2.47 bits per heavy atom. The van der Waals surface area contributed by atoms with E-state index >= 15 is 0 Å². The molecule has 0 atom stereocenters. The van der Waals surface area contributed by atoms with Crippen LogP contribution >= 0.6 is 15.9 Å².